The molecule has 0 bridgehead atoms. The molecule has 0 saturated heterocycles. The van der Waals surface area contributed by atoms with Gasteiger partial charge in [0.2, 0.25) is 0 Å². The summed E-state index contributed by atoms with van der Waals surface area (Å²) in [5.74, 6) is -7.51. The van der Waals surface area contributed by atoms with Crippen molar-refractivity contribution in [3.63, 3.8) is 0 Å². The first kappa shape index (κ1) is 13.9. The van der Waals surface area contributed by atoms with Crippen LogP contribution in [0.2, 0.25) is 0 Å². The molecule has 0 heterocycles. The SMILES string of the molecule is C=CC(C(=O)O)C(C(=O)O)C(=CC)C(=O)O. The molecule has 0 aliphatic rings. The number of aliphatic carboxylic acids is 3. The zero-order valence-electron chi connectivity index (χ0n) is 8.58. The van der Waals surface area contributed by atoms with Crippen LogP contribution in [0.5, 0.6) is 0 Å². The largest absolute Gasteiger partial charge is 0.481 e. The summed E-state index contributed by atoms with van der Waals surface area (Å²) in [7, 11) is 0. The average Bonchev–Trinajstić information content (AvgIpc) is 2.16. The number of allylic oxidation sites excluding steroid dienone is 1. The molecule has 0 aromatic heterocycles. The summed E-state index contributed by atoms with van der Waals surface area (Å²) in [6.45, 7) is 4.53. The second kappa shape index (κ2) is 5.69. The Morgan fingerprint density at radius 3 is 1.81 bits per heavy atom. The number of hydrogen-bond acceptors (Lipinski definition) is 3. The van der Waals surface area contributed by atoms with Crippen LogP contribution in [-0.2, 0) is 14.4 Å². The lowest BCUT2D eigenvalue weighted by Crippen LogP contribution is -2.32. The highest BCUT2D eigenvalue weighted by molar-refractivity contribution is 5.96. The van der Waals surface area contributed by atoms with Crippen LogP contribution in [0.25, 0.3) is 0 Å². The van der Waals surface area contributed by atoms with E-state index in [2.05, 4.69) is 6.58 Å². The minimum absolute atomic E-state index is 0.472. The van der Waals surface area contributed by atoms with Crippen molar-refractivity contribution in [1.29, 1.82) is 0 Å². The van der Waals surface area contributed by atoms with Crippen molar-refractivity contribution in [2.45, 2.75) is 6.92 Å². The van der Waals surface area contributed by atoms with Gasteiger partial charge >= 0.3 is 17.9 Å². The third-order valence-electron chi connectivity index (χ3n) is 2.06. The van der Waals surface area contributed by atoms with E-state index in [4.69, 9.17) is 15.3 Å². The fraction of sp³-hybridized carbons (Fsp3) is 0.300. The Morgan fingerprint density at radius 2 is 1.62 bits per heavy atom. The third kappa shape index (κ3) is 2.94. The minimum Gasteiger partial charge on any atom is -0.481 e. The van der Waals surface area contributed by atoms with Crippen molar-refractivity contribution in [3.05, 3.63) is 24.3 Å². The van der Waals surface area contributed by atoms with Gasteiger partial charge in [0.05, 0.1) is 5.92 Å². The van der Waals surface area contributed by atoms with E-state index in [1.807, 2.05) is 0 Å². The lowest BCUT2D eigenvalue weighted by molar-refractivity contribution is -0.151. The van der Waals surface area contributed by atoms with Crippen molar-refractivity contribution < 1.29 is 29.7 Å². The zero-order valence-corrected chi connectivity index (χ0v) is 8.58. The predicted octanol–water partition coefficient (Wildman–Crippen LogP) is 0.605. The Balaban J connectivity index is 5.46. The molecule has 0 spiro atoms. The van der Waals surface area contributed by atoms with E-state index in [0.29, 0.717) is 0 Å². The van der Waals surface area contributed by atoms with Gasteiger partial charge in [-0.25, -0.2) is 4.79 Å². The lowest BCUT2D eigenvalue weighted by atomic mass is 9.85. The van der Waals surface area contributed by atoms with E-state index in [9.17, 15) is 14.4 Å². The highest BCUT2D eigenvalue weighted by Gasteiger charge is 2.37. The summed E-state index contributed by atoms with van der Waals surface area (Å²) in [5, 5.41) is 26.4. The van der Waals surface area contributed by atoms with Gasteiger partial charge in [-0.3, -0.25) is 9.59 Å². The van der Waals surface area contributed by atoms with E-state index in [0.717, 1.165) is 12.2 Å². The van der Waals surface area contributed by atoms with Gasteiger partial charge in [0.1, 0.15) is 5.92 Å². The summed E-state index contributed by atoms with van der Waals surface area (Å²) < 4.78 is 0. The van der Waals surface area contributed by atoms with Crippen LogP contribution >= 0.6 is 0 Å². The second-order valence-electron chi connectivity index (χ2n) is 2.96. The van der Waals surface area contributed by atoms with Gasteiger partial charge in [-0.15, -0.1) is 6.58 Å². The molecule has 0 radical (unpaired) electrons. The van der Waals surface area contributed by atoms with Crippen LogP contribution in [0.15, 0.2) is 24.3 Å². The van der Waals surface area contributed by atoms with Gasteiger partial charge in [-0.05, 0) is 6.92 Å². The summed E-state index contributed by atoms with van der Waals surface area (Å²) >= 11 is 0. The zero-order chi connectivity index (χ0) is 12.9. The first-order valence-electron chi connectivity index (χ1n) is 4.34. The average molecular weight is 228 g/mol. The van der Waals surface area contributed by atoms with Gasteiger partial charge in [-0.2, -0.15) is 0 Å². The fourth-order valence-electron chi connectivity index (χ4n) is 1.30. The molecular formula is C10H12O6. The molecule has 0 aliphatic heterocycles. The van der Waals surface area contributed by atoms with Gasteiger partial charge in [0.25, 0.3) is 0 Å². The predicted molar refractivity (Wildman–Crippen MR) is 53.8 cm³/mol. The van der Waals surface area contributed by atoms with Crippen LogP contribution in [0.1, 0.15) is 6.92 Å². The molecule has 16 heavy (non-hydrogen) atoms. The summed E-state index contributed by atoms with van der Waals surface area (Å²) in [6, 6.07) is 0. The van der Waals surface area contributed by atoms with Gasteiger partial charge < -0.3 is 15.3 Å². The Kier molecular flexibility index (Phi) is 4.94. The monoisotopic (exact) mass is 228 g/mol. The van der Waals surface area contributed by atoms with Crippen LogP contribution in [0.4, 0.5) is 0 Å². The first-order chi connectivity index (χ1) is 7.36. The maximum Gasteiger partial charge on any atom is 0.332 e. The van der Waals surface area contributed by atoms with Crippen molar-refractivity contribution >= 4 is 17.9 Å². The molecule has 2 atom stereocenters. The Labute approximate surface area is 91.5 Å². The highest BCUT2D eigenvalue weighted by Crippen LogP contribution is 2.23. The van der Waals surface area contributed by atoms with Crippen molar-refractivity contribution in [2.24, 2.45) is 11.8 Å². The van der Waals surface area contributed by atoms with Crippen LogP contribution < -0.4 is 0 Å². The molecule has 0 aromatic rings. The topological polar surface area (TPSA) is 112 Å². The molecule has 6 nitrogen and oxygen atoms in total. The third-order valence-corrected chi connectivity index (χ3v) is 2.06. The Hall–Kier alpha value is -2.11. The Morgan fingerprint density at radius 1 is 1.12 bits per heavy atom. The van der Waals surface area contributed by atoms with E-state index >= 15 is 0 Å². The fourth-order valence-corrected chi connectivity index (χ4v) is 1.30. The smallest absolute Gasteiger partial charge is 0.332 e. The quantitative estimate of drug-likeness (QED) is 0.453. The Bertz CT molecular complexity index is 354. The maximum absolute atomic E-state index is 10.9. The molecule has 88 valence electrons. The van der Waals surface area contributed by atoms with Crippen molar-refractivity contribution in [2.75, 3.05) is 0 Å². The molecule has 2 unspecified atom stereocenters. The second-order valence-corrected chi connectivity index (χ2v) is 2.96. The van der Waals surface area contributed by atoms with E-state index in [1.54, 1.807) is 0 Å². The molecule has 0 aromatic carbocycles. The summed E-state index contributed by atoms with van der Waals surface area (Å²) in [6.07, 6.45) is 1.98. The minimum atomic E-state index is -1.64. The first-order valence-corrected chi connectivity index (χ1v) is 4.34. The number of rotatable bonds is 6. The molecule has 0 rings (SSSR count). The molecule has 3 N–H and O–H groups in total. The number of carboxylic acids is 3. The molecule has 6 heteroatoms. The van der Waals surface area contributed by atoms with E-state index in [1.165, 1.54) is 6.92 Å². The molecule has 0 saturated carbocycles. The maximum atomic E-state index is 10.9. The molecule has 0 amide bonds. The summed E-state index contributed by atoms with van der Waals surface area (Å²) in [5.41, 5.74) is -0.472. The number of carboxylic acid groups (broad SMARTS) is 3. The van der Waals surface area contributed by atoms with Crippen LogP contribution in [0, 0.1) is 11.8 Å². The normalized spacial score (nSPS) is 14.9. The van der Waals surface area contributed by atoms with Crippen LogP contribution in [0.3, 0.4) is 0 Å². The van der Waals surface area contributed by atoms with E-state index in [-0.39, 0.29) is 0 Å². The molecule has 0 aliphatic carbocycles. The molecular weight excluding hydrogens is 216 g/mol. The van der Waals surface area contributed by atoms with Crippen molar-refractivity contribution in [3.8, 4) is 0 Å². The number of carbonyl (C=O) groups is 3. The van der Waals surface area contributed by atoms with Crippen LogP contribution in [-0.4, -0.2) is 33.2 Å². The molecule has 0 fully saturated rings. The summed E-state index contributed by atoms with van der Waals surface area (Å²) in [4.78, 5) is 32.4. The van der Waals surface area contributed by atoms with Gasteiger partial charge in [0, 0.05) is 5.57 Å². The highest BCUT2D eigenvalue weighted by atomic mass is 16.4. The standard InChI is InChI=1S/C10H12O6/c1-3-5(8(11)12)7(10(15)16)6(4-2)9(13)14/h3-5,7H,1H2,2H3,(H,11,12)(H,13,14)(H,15,16). The van der Waals surface area contributed by atoms with E-state index < -0.39 is 35.3 Å². The lowest BCUT2D eigenvalue weighted by Gasteiger charge is -2.17. The number of hydrogen-bond donors (Lipinski definition) is 3. The van der Waals surface area contributed by atoms with Gasteiger partial charge in [-0.1, -0.05) is 12.2 Å². The van der Waals surface area contributed by atoms with Gasteiger partial charge in [0.15, 0.2) is 0 Å². The van der Waals surface area contributed by atoms with Crippen molar-refractivity contribution in [1.82, 2.24) is 0 Å².